The highest BCUT2D eigenvalue weighted by Gasteiger charge is 2.37. The molecule has 2 N–H and O–H groups in total. The second-order valence-corrected chi connectivity index (χ2v) is 5.32. The molecule has 0 amide bonds. The molecular formula is C11H14FNO5S. The summed E-state index contributed by atoms with van der Waals surface area (Å²) in [5.74, 6) is -0.453. The monoisotopic (exact) mass is 291 g/mol. The average molecular weight is 291 g/mol. The molecule has 1 unspecified atom stereocenters. The second-order valence-electron chi connectivity index (χ2n) is 4.10. The molecule has 0 bridgehead atoms. The minimum absolute atomic E-state index is 0.287. The van der Waals surface area contributed by atoms with E-state index in [9.17, 15) is 12.8 Å². The van der Waals surface area contributed by atoms with Crippen molar-refractivity contribution < 1.29 is 26.5 Å². The topological polar surface area (TPSA) is 87.9 Å². The Morgan fingerprint density at radius 1 is 1.37 bits per heavy atom. The van der Waals surface area contributed by atoms with Gasteiger partial charge < -0.3 is 9.47 Å². The van der Waals surface area contributed by atoms with E-state index in [2.05, 4.69) is 4.18 Å². The summed E-state index contributed by atoms with van der Waals surface area (Å²) in [7, 11) is -4.07. The van der Waals surface area contributed by atoms with Crippen LogP contribution in [0.3, 0.4) is 0 Å². The SMILES string of the molecule is CC1O[C@H](c2ccccc2F)[C@@H](COS(N)(=O)=O)O1. The van der Waals surface area contributed by atoms with Crippen LogP contribution in [0.1, 0.15) is 18.6 Å². The summed E-state index contributed by atoms with van der Waals surface area (Å²) >= 11 is 0. The number of hydrogen-bond acceptors (Lipinski definition) is 5. The van der Waals surface area contributed by atoms with Crippen LogP contribution in [0.5, 0.6) is 0 Å². The van der Waals surface area contributed by atoms with Crippen LogP contribution in [0, 0.1) is 5.82 Å². The number of nitrogens with two attached hydrogens (primary N) is 1. The summed E-state index contributed by atoms with van der Waals surface area (Å²) < 4.78 is 50.5. The molecule has 0 aromatic heterocycles. The predicted molar refractivity (Wildman–Crippen MR) is 63.6 cm³/mol. The summed E-state index contributed by atoms with van der Waals surface area (Å²) in [6.45, 7) is 1.30. The van der Waals surface area contributed by atoms with Gasteiger partial charge in [-0.1, -0.05) is 18.2 Å². The third kappa shape index (κ3) is 3.71. The molecule has 0 radical (unpaired) electrons. The largest absolute Gasteiger partial charge is 0.344 e. The Bertz CT molecular complexity index is 550. The maximum absolute atomic E-state index is 13.7. The van der Waals surface area contributed by atoms with Crippen molar-refractivity contribution in [3.8, 4) is 0 Å². The van der Waals surface area contributed by atoms with E-state index in [1.54, 1.807) is 25.1 Å². The zero-order valence-corrected chi connectivity index (χ0v) is 11.0. The molecule has 1 saturated heterocycles. The van der Waals surface area contributed by atoms with Gasteiger partial charge in [0.15, 0.2) is 6.29 Å². The molecule has 2 rings (SSSR count). The van der Waals surface area contributed by atoms with E-state index in [1.165, 1.54) is 6.07 Å². The first kappa shape index (κ1) is 14.4. The summed E-state index contributed by atoms with van der Waals surface area (Å²) in [4.78, 5) is 0. The van der Waals surface area contributed by atoms with Gasteiger partial charge in [-0.2, -0.15) is 8.42 Å². The smallest absolute Gasteiger partial charge is 0.333 e. The highest BCUT2D eigenvalue weighted by molar-refractivity contribution is 7.84. The first-order valence-corrected chi connectivity index (χ1v) is 7.06. The van der Waals surface area contributed by atoms with Crippen molar-refractivity contribution in [2.45, 2.75) is 25.4 Å². The van der Waals surface area contributed by atoms with Crippen molar-refractivity contribution >= 4 is 10.3 Å². The van der Waals surface area contributed by atoms with Gasteiger partial charge in [-0.25, -0.2) is 9.53 Å². The zero-order valence-electron chi connectivity index (χ0n) is 10.2. The number of rotatable bonds is 4. The van der Waals surface area contributed by atoms with Gasteiger partial charge in [0, 0.05) is 5.56 Å². The molecule has 1 fully saturated rings. The van der Waals surface area contributed by atoms with Crippen LogP contribution < -0.4 is 5.14 Å². The highest BCUT2D eigenvalue weighted by atomic mass is 32.2. The Hall–Kier alpha value is -1.06. The molecule has 6 nitrogen and oxygen atoms in total. The van der Waals surface area contributed by atoms with Crippen molar-refractivity contribution in [2.75, 3.05) is 6.61 Å². The first-order valence-electron chi connectivity index (χ1n) is 5.59. The van der Waals surface area contributed by atoms with E-state index in [-0.39, 0.29) is 12.2 Å². The van der Waals surface area contributed by atoms with Gasteiger partial charge in [-0.15, -0.1) is 0 Å². The van der Waals surface area contributed by atoms with E-state index in [0.717, 1.165) is 0 Å². The Morgan fingerprint density at radius 2 is 2.05 bits per heavy atom. The van der Waals surface area contributed by atoms with Crippen LogP contribution in [0.4, 0.5) is 4.39 Å². The Kier molecular flexibility index (Phi) is 4.16. The fourth-order valence-corrected chi connectivity index (χ4v) is 2.24. The lowest BCUT2D eigenvalue weighted by Gasteiger charge is -2.16. The van der Waals surface area contributed by atoms with Crippen molar-refractivity contribution in [3.63, 3.8) is 0 Å². The minimum Gasteiger partial charge on any atom is -0.344 e. The fraction of sp³-hybridized carbons (Fsp3) is 0.455. The lowest BCUT2D eigenvalue weighted by Crippen LogP contribution is -2.27. The Morgan fingerprint density at radius 3 is 2.68 bits per heavy atom. The lowest BCUT2D eigenvalue weighted by molar-refractivity contribution is -0.0551. The molecular weight excluding hydrogens is 277 g/mol. The molecule has 1 heterocycles. The summed E-state index contributed by atoms with van der Waals surface area (Å²) in [5, 5.41) is 4.74. The quantitative estimate of drug-likeness (QED) is 0.888. The van der Waals surface area contributed by atoms with Crippen molar-refractivity contribution in [1.82, 2.24) is 0 Å². The second kappa shape index (κ2) is 5.51. The summed E-state index contributed by atoms with van der Waals surface area (Å²) in [6.07, 6.45) is -2.07. The van der Waals surface area contributed by atoms with Gasteiger partial charge in [0.2, 0.25) is 0 Å². The zero-order chi connectivity index (χ0) is 14.0. The molecule has 1 aromatic carbocycles. The van der Waals surface area contributed by atoms with E-state index in [4.69, 9.17) is 14.6 Å². The van der Waals surface area contributed by atoms with E-state index < -0.39 is 34.6 Å². The summed E-state index contributed by atoms with van der Waals surface area (Å²) in [5.41, 5.74) is 0.287. The van der Waals surface area contributed by atoms with Crippen molar-refractivity contribution in [2.24, 2.45) is 5.14 Å². The average Bonchev–Trinajstić information content (AvgIpc) is 2.67. The molecule has 19 heavy (non-hydrogen) atoms. The van der Waals surface area contributed by atoms with Gasteiger partial charge in [0.25, 0.3) is 0 Å². The van der Waals surface area contributed by atoms with Crippen molar-refractivity contribution in [3.05, 3.63) is 35.6 Å². The number of benzene rings is 1. The first-order chi connectivity index (χ1) is 8.87. The number of ether oxygens (including phenoxy) is 2. The van der Waals surface area contributed by atoms with Gasteiger partial charge in [-0.3, -0.25) is 4.18 Å². The molecule has 106 valence electrons. The summed E-state index contributed by atoms with van der Waals surface area (Å²) in [6, 6.07) is 6.04. The van der Waals surface area contributed by atoms with Gasteiger partial charge in [0.1, 0.15) is 18.0 Å². The Balaban J connectivity index is 2.16. The number of halogens is 1. The molecule has 1 aromatic rings. The molecule has 0 spiro atoms. The standard InChI is InChI=1S/C11H14FNO5S/c1-7-17-10(6-16-19(13,14)15)11(18-7)8-4-2-3-5-9(8)12/h2-5,7,10-11H,6H2,1H3,(H2,13,14,15)/t7?,10-,11-/m1/s1. The van der Waals surface area contributed by atoms with E-state index >= 15 is 0 Å². The molecule has 3 atom stereocenters. The van der Waals surface area contributed by atoms with Crippen LogP contribution in [0.2, 0.25) is 0 Å². The fourth-order valence-electron chi connectivity index (χ4n) is 1.91. The predicted octanol–water partition coefficient (Wildman–Crippen LogP) is 0.848. The molecule has 8 heteroatoms. The molecule has 1 aliphatic heterocycles. The van der Waals surface area contributed by atoms with Crippen LogP contribution in [0.15, 0.2) is 24.3 Å². The van der Waals surface area contributed by atoms with Crippen LogP contribution in [0.25, 0.3) is 0 Å². The number of hydrogen-bond donors (Lipinski definition) is 1. The van der Waals surface area contributed by atoms with E-state index in [0.29, 0.717) is 0 Å². The normalized spacial score (nSPS) is 27.6. The Labute approximate surface area is 110 Å². The van der Waals surface area contributed by atoms with Crippen molar-refractivity contribution in [1.29, 1.82) is 0 Å². The minimum atomic E-state index is -4.07. The van der Waals surface area contributed by atoms with Gasteiger partial charge in [0.05, 0.1) is 6.61 Å². The van der Waals surface area contributed by atoms with Gasteiger partial charge in [-0.05, 0) is 13.0 Å². The lowest BCUT2D eigenvalue weighted by atomic mass is 10.0. The van der Waals surface area contributed by atoms with Crippen LogP contribution >= 0.6 is 0 Å². The van der Waals surface area contributed by atoms with E-state index in [1.807, 2.05) is 0 Å². The molecule has 0 aliphatic carbocycles. The maximum Gasteiger partial charge on any atom is 0.333 e. The van der Waals surface area contributed by atoms with Crippen LogP contribution in [-0.4, -0.2) is 27.4 Å². The third-order valence-corrected chi connectivity index (χ3v) is 3.12. The third-order valence-electron chi connectivity index (χ3n) is 2.65. The molecule has 0 saturated carbocycles. The van der Waals surface area contributed by atoms with Crippen LogP contribution in [-0.2, 0) is 24.0 Å². The maximum atomic E-state index is 13.7. The van der Waals surface area contributed by atoms with Gasteiger partial charge >= 0.3 is 10.3 Å². The highest BCUT2D eigenvalue weighted by Crippen LogP contribution is 2.33. The molecule has 1 aliphatic rings.